The second-order valence-corrected chi connectivity index (χ2v) is 5.06. The predicted molar refractivity (Wildman–Crippen MR) is 75.9 cm³/mol. The summed E-state index contributed by atoms with van der Waals surface area (Å²) >= 11 is 0. The molecule has 0 aliphatic heterocycles. The summed E-state index contributed by atoms with van der Waals surface area (Å²) in [6, 6.07) is 3.96. The van der Waals surface area contributed by atoms with E-state index in [9.17, 15) is 0 Å². The van der Waals surface area contributed by atoms with Crippen LogP contribution in [0.4, 0.5) is 5.69 Å². The Morgan fingerprint density at radius 3 is 2.22 bits per heavy atom. The van der Waals surface area contributed by atoms with Gasteiger partial charge < -0.3 is 20.1 Å². The third-order valence-corrected chi connectivity index (χ3v) is 2.81. The molecule has 4 heteroatoms. The number of methoxy groups -OCH3 is 2. The van der Waals surface area contributed by atoms with Crippen molar-refractivity contribution in [2.75, 3.05) is 33.1 Å². The molecule has 0 aromatic heterocycles. The van der Waals surface area contributed by atoms with Crippen LogP contribution in [-0.4, -0.2) is 33.4 Å². The predicted octanol–water partition coefficient (Wildman–Crippen LogP) is 2.42. The summed E-state index contributed by atoms with van der Waals surface area (Å²) in [7, 11) is 5.30. The minimum Gasteiger partial charge on any atom is -0.496 e. The first-order chi connectivity index (χ1) is 8.43. The van der Waals surface area contributed by atoms with Crippen LogP contribution in [0, 0.1) is 6.92 Å². The third-order valence-electron chi connectivity index (χ3n) is 2.81. The van der Waals surface area contributed by atoms with Gasteiger partial charge in [-0.05, 0) is 39.4 Å². The van der Waals surface area contributed by atoms with Crippen LogP contribution in [-0.2, 0) is 0 Å². The molecule has 0 saturated heterocycles. The van der Waals surface area contributed by atoms with Crippen LogP contribution in [0.5, 0.6) is 11.5 Å². The molecular weight excluding hydrogens is 228 g/mol. The molecule has 0 amide bonds. The van der Waals surface area contributed by atoms with Gasteiger partial charge in [0.1, 0.15) is 11.5 Å². The molecule has 0 bridgehead atoms. The molecule has 0 spiro atoms. The first kappa shape index (κ1) is 14.6. The molecule has 0 atom stereocenters. The average Bonchev–Trinajstić information content (AvgIpc) is 2.30. The Labute approximate surface area is 110 Å². The summed E-state index contributed by atoms with van der Waals surface area (Å²) in [5.74, 6) is 1.69. The summed E-state index contributed by atoms with van der Waals surface area (Å²) in [6.07, 6.45) is 0. The van der Waals surface area contributed by atoms with Gasteiger partial charge in [-0.1, -0.05) is 0 Å². The zero-order valence-corrected chi connectivity index (χ0v) is 12.2. The Kier molecular flexibility index (Phi) is 4.84. The van der Waals surface area contributed by atoms with Crippen molar-refractivity contribution >= 4 is 5.69 Å². The van der Waals surface area contributed by atoms with Gasteiger partial charge in [-0.2, -0.15) is 0 Å². The summed E-state index contributed by atoms with van der Waals surface area (Å²) in [4.78, 5) is 0. The lowest BCUT2D eigenvalue weighted by atomic mass is 10.0. The van der Waals surface area contributed by atoms with Gasteiger partial charge in [0.2, 0.25) is 0 Å². The molecular formula is C14H24N2O2. The standard InChI is InChI=1S/C14H24N2O2/c1-10-7-13(18-6)11(8-12(10)17-5)16-14(2,3)9-15-4/h7-8,15-16H,9H2,1-6H3. The molecule has 0 aliphatic rings. The molecule has 0 fully saturated rings. The molecule has 0 heterocycles. The van der Waals surface area contributed by atoms with Crippen LogP contribution in [0.25, 0.3) is 0 Å². The van der Waals surface area contributed by atoms with Crippen molar-refractivity contribution in [3.05, 3.63) is 17.7 Å². The van der Waals surface area contributed by atoms with E-state index < -0.39 is 0 Å². The topological polar surface area (TPSA) is 42.5 Å². The van der Waals surface area contributed by atoms with E-state index in [-0.39, 0.29) is 5.54 Å². The highest BCUT2D eigenvalue weighted by atomic mass is 16.5. The SMILES string of the molecule is CNCC(C)(C)Nc1cc(OC)c(C)cc1OC. The average molecular weight is 252 g/mol. The van der Waals surface area contributed by atoms with Gasteiger partial charge in [-0.15, -0.1) is 0 Å². The first-order valence-electron chi connectivity index (χ1n) is 6.09. The molecule has 1 aromatic rings. The fourth-order valence-electron chi connectivity index (χ4n) is 2.00. The largest absolute Gasteiger partial charge is 0.496 e. The molecule has 0 saturated carbocycles. The number of rotatable bonds is 6. The second-order valence-electron chi connectivity index (χ2n) is 5.06. The van der Waals surface area contributed by atoms with Crippen molar-refractivity contribution in [2.45, 2.75) is 26.3 Å². The van der Waals surface area contributed by atoms with Gasteiger partial charge in [0.05, 0.1) is 19.9 Å². The van der Waals surface area contributed by atoms with Gasteiger partial charge in [-0.3, -0.25) is 0 Å². The number of likely N-dealkylation sites (N-methyl/N-ethyl adjacent to an activating group) is 1. The third kappa shape index (κ3) is 3.53. The van der Waals surface area contributed by atoms with Crippen molar-refractivity contribution in [1.29, 1.82) is 0 Å². The quantitative estimate of drug-likeness (QED) is 0.816. The first-order valence-corrected chi connectivity index (χ1v) is 6.09. The number of benzene rings is 1. The van der Waals surface area contributed by atoms with E-state index >= 15 is 0 Å². The lowest BCUT2D eigenvalue weighted by Crippen LogP contribution is -2.40. The Morgan fingerprint density at radius 2 is 1.72 bits per heavy atom. The zero-order valence-electron chi connectivity index (χ0n) is 12.2. The zero-order chi connectivity index (χ0) is 13.8. The van der Waals surface area contributed by atoms with E-state index in [4.69, 9.17) is 9.47 Å². The summed E-state index contributed by atoms with van der Waals surface area (Å²) in [5.41, 5.74) is 1.94. The molecule has 0 unspecified atom stereocenters. The van der Waals surface area contributed by atoms with Gasteiger partial charge in [0.25, 0.3) is 0 Å². The Bertz CT molecular complexity index is 403. The molecule has 102 valence electrons. The van der Waals surface area contributed by atoms with Crippen LogP contribution >= 0.6 is 0 Å². The lowest BCUT2D eigenvalue weighted by molar-refractivity contribution is 0.400. The van der Waals surface area contributed by atoms with E-state index in [2.05, 4.69) is 24.5 Å². The van der Waals surface area contributed by atoms with E-state index in [1.165, 1.54) is 0 Å². The maximum atomic E-state index is 5.41. The van der Waals surface area contributed by atoms with Crippen LogP contribution < -0.4 is 20.1 Å². The Morgan fingerprint density at radius 1 is 1.11 bits per heavy atom. The summed E-state index contributed by atoms with van der Waals surface area (Å²) < 4.78 is 10.8. The fourth-order valence-corrected chi connectivity index (χ4v) is 2.00. The molecule has 18 heavy (non-hydrogen) atoms. The minimum absolute atomic E-state index is 0.0672. The number of aryl methyl sites for hydroxylation is 1. The maximum Gasteiger partial charge on any atom is 0.142 e. The number of nitrogens with one attached hydrogen (secondary N) is 2. The number of hydrogen-bond acceptors (Lipinski definition) is 4. The Balaban J connectivity index is 3.06. The Hall–Kier alpha value is -1.42. The van der Waals surface area contributed by atoms with Crippen molar-refractivity contribution in [3.8, 4) is 11.5 Å². The maximum absolute atomic E-state index is 5.41. The van der Waals surface area contributed by atoms with E-state index in [0.717, 1.165) is 29.3 Å². The van der Waals surface area contributed by atoms with Crippen LogP contribution in [0.15, 0.2) is 12.1 Å². The molecule has 4 nitrogen and oxygen atoms in total. The monoisotopic (exact) mass is 252 g/mol. The van der Waals surface area contributed by atoms with Crippen molar-refractivity contribution in [3.63, 3.8) is 0 Å². The normalized spacial score (nSPS) is 11.2. The summed E-state index contributed by atoms with van der Waals surface area (Å²) in [5, 5.41) is 6.64. The molecule has 1 aromatic carbocycles. The van der Waals surface area contributed by atoms with Gasteiger partial charge in [0.15, 0.2) is 0 Å². The van der Waals surface area contributed by atoms with E-state index in [0.29, 0.717) is 0 Å². The van der Waals surface area contributed by atoms with Gasteiger partial charge in [-0.25, -0.2) is 0 Å². The van der Waals surface area contributed by atoms with Crippen molar-refractivity contribution < 1.29 is 9.47 Å². The molecule has 2 N–H and O–H groups in total. The highest BCUT2D eigenvalue weighted by Gasteiger charge is 2.19. The minimum atomic E-state index is -0.0672. The van der Waals surface area contributed by atoms with Crippen LogP contribution in [0.2, 0.25) is 0 Å². The number of anilines is 1. The van der Waals surface area contributed by atoms with Crippen molar-refractivity contribution in [1.82, 2.24) is 5.32 Å². The molecule has 0 radical (unpaired) electrons. The fraction of sp³-hybridized carbons (Fsp3) is 0.571. The highest BCUT2D eigenvalue weighted by molar-refractivity contribution is 5.63. The number of hydrogen-bond donors (Lipinski definition) is 2. The molecule has 1 rings (SSSR count). The van der Waals surface area contributed by atoms with E-state index in [1.54, 1.807) is 14.2 Å². The molecule has 0 aliphatic carbocycles. The smallest absolute Gasteiger partial charge is 0.142 e. The second kappa shape index (κ2) is 5.96. The van der Waals surface area contributed by atoms with Gasteiger partial charge in [0, 0.05) is 18.2 Å². The number of ether oxygens (including phenoxy) is 2. The van der Waals surface area contributed by atoms with Gasteiger partial charge >= 0.3 is 0 Å². The van der Waals surface area contributed by atoms with E-state index in [1.807, 2.05) is 26.1 Å². The lowest BCUT2D eigenvalue weighted by Gasteiger charge is -2.28. The highest BCUT2D eigenvalue weighted by Crippen LogP contribution is 2.33. The van der Waals surface area contributed by atoms with Crippen LogP contribution in [0.1, 0.15) is 19.4 Å². The summed E-state index contributed by atoms with van der Waals surface area (Å²) in [6.45, 7) is 7.13. The van der Waals surface area contributed by atoms with Crippen molar-refractivity contribution in [2.24, 2.45) is 0 Å². The van der Waals surface area contributed by atoms with Crippen LogP contribution in [0.3, 0.4) is 0 Å².